The third kappa shape index (κ3) is 2.24. The van der Waals surface area contributed by atoms with E-state index in [-0.39, 0.29) is 6.17 Å². The molecule has 0 radical (unpaired) electrons. The average Bonchev–Trinajstić information content (AvgIpc) is 3.01. The van der Waals surface area contributed by atoms with Crippen LogP contribution in [0.25, 0.3) is 22.4 Å². The van der Waals surface area contributed by atoms with Crippen molar-refractivity contribution in [3.8, 4) is 11.4 Å². The van der Waals surface area contributed by atoms with E-state index in [1.165, 1.54) is 0 Å². The maximum Gasteiger partial charge on any atom is 0.145 e. The molecular formula is C20H13Cl2N3. The van der Waals surface area contributed by atoms with E-state index in [0.29, 0.717) is 10.0 Å². The summed E-state index contributed by atoms with van der Waals surface area (Å²) in [5.74, 6) is 0.937. The Hall–Kier alpha value is -2.49. The van der Waals surface area contributed by atoms with E-state index in [1.54, 1.807) is 6.07 Å². The minimum absolute atomic E-state index is 0.151. The van der Waals surface area contributed by atoms with Gasteiger partial charge in [-0.15, -0.1) is 0 Å². The Kier molecular flexibility index (Phi) is 3.27. The second-order valence-electron chi connectivity index (χ2n) is 6.05. The minimum Gasteiger partial charge on any atom is -0.360 e. The number of rotatable bonds is 1. The molecule has 0 bridgehead atoms. The summed E-state index contributed by atoms with van der Waals surface area (Å²) in [5.41, 5.74) is 5.12. The van der Waals surface area contributed by atoms with Gasteiger partial charge in [0.1, 0.15) is 12.0 Å². The lowest BCUT2D eigenvalue weighted by atomic mass is 10.1. The number of benzene rings is 3. The Bertz CT molecular complexity index is 1120. The van der Waals surface area contributed by atoms with Gasteiger partial charge in [0.15, 0.2) is 0 Å². The first kappa shape index (κ1) is 14.8. The lowest BCUT2D eigenvalue weighted by Crippen LogP contribution is -2.25. The number of nitrogens with zero attached hydrogens (tertiary/aromatic N) is 2. The monoisotopic (exact) mass is 365 g/mol. The van der Waals surface area contributed by atoms with E-state index < -0.39 is 0 Å². The van der Waals surface area contributed by atoms with Crippen LogP contribution in [0.15, 0.2) is 66.7 Å². The van der Waals surface area contributed by atoms with Crippen molar-refractivity contribution in [3.05, 3.63) is 82.3 Å². The number of halogens is 2. The van der Waals surface area contributed by atoms with E-state index in [1.807, 2.05) is 42.5 Å². The fourth-order valence-corrected chi connectivity index (χ4v) is 3.96. The van der Waals surface area contributed by atoms with Gasteiger partial charge < -0.3 is 5.32 Å². The third-order valence-electron chi connectivity index (χ3n) is 4.57. The van der Waals surface area contributed by atoms with Gasteiger partial charge in [0.05, 0.1) is 11.0 Å². The van der Waals surface area contributed by atoms with Crippen LogP contribution < -0.4 is 5.32 Å². The van der Waals surface area contributed by atoms with Crippen molar-refractivity contribution >= 4 is 39.9 Å². The van der Waals surface area contributed by atoms with Gasteiger partial charge in [0.2, 0.25) is 0 Å². The fourth-order valence-electron chi connectivity index (χ4n) is 3.45. The van der Waals surface area contributed by atoms with Crippen molar-refractivity contribution in [2.24, 2.45) is 0 Å². The van der Waals surface area contributed by atoms with E-state index >= 15 is 0 Å². The molecule has 0 aliphatic carbocycles. The van der Waals surface area contributed by atoms with Crippen LogP contribution in [0, 0.1) is 0 Å². The first-order valence-corrected chi connectivity index (χ1v) is 8.76. The van der Waals surface area contributed by atoms with Crippen LogP contribution in [0.1, 0.15) is 11.7 Å². The van der Waals surface area contributed by atoms with E-state index in [0.717, 1.165) is 33.7 Å². The molecule has 1 aromatic heterocycles. The van der Waals surface area contributed by atoms with Crippen molar-refractivity contribution in [1.29, 1.82) is 0 Å². The van der Waals surface area contributed by atoms with E-state index in [2.05, 4.69) is 28.1 Å². The number of fused-ring (bicyclic) bond motifs is 5. The van der Waals surface area contributed by atoms with Gasteiger partial charge in [-0.05, 0) is 36.4 Å². The summed E-state index contributed by atoms with van der Waals surface area (Å²) in [5, 5.41) is 4.86. The van der Waals surface area contributed by atoms with Crippen LogP contribution in [-0.2, 0) is 0 Å². The molecule has 1 aliphatic rings. The van der Waals surface area contributed by atoms with Gasteiger partial charge >= 0.3 is 0 Å². The van der Waals surface area contributed by atoms with E-state index in [4.69, 9.17) is 28.2 Å². The lowest BCUT2D eigenvalue weighted by Gasteiger charge is -2.30. The summed E-state index contributed by atoms with van der Waals surface area (Å²) in [7, 11) is 0. The van der Waals surface area contributed by atoms with Crippen molar-refractivity contribution in [1.82, 2.24) is 9.55 Å². The molecule has 1 unspecified atom stereocenters. The second-order valence-corrected chi connectivity index (χ2v) is 6.90. The van der Waals surface area contributed by atoms with Crippen LogP contribution >= 0.6 is 23.2 Å². The Morgan fingerprint density at radius 1 is 0.920 bits per heavy atom. The Balaban J connectivity index is 1.83. The summed E-state index contributed by atoms with van der Waals surface area (Å²) in [4.78, 5) is 4.87. The maximum atomic E-state index is 6.52. The lowest BCUT2D eigenvalue weighted by molar-refractivity contribution is 0.669. The summed E-state index contributed by atoms with van der Waals surface area (Å²) >= 11 is 12.6. The van der Waals surface area contributed by atoms with Crippen LogP contribution in [0.4, 0.5) is 5.69 Å². The molecule has 0 spiro atoms. The standard InChI is InChI=1S/C20H13Cl2N3/c21-12-9-10-13(15(22)11-12)19-23-16-6-2-1-5-14(16)20-24-17-7-3-4-8-18(17)25(19)20/h1-11,19,23H. The third-order valence-corrected chi connectivity index (χ3v) is 5.13. The molecule has 122 valence electrons. The molecule has 1 N–H and O–H groups in total. The topological polar surface area (TPSA) is 29.9 Å². The Morgan fingerprint density at radius 2 is 1.72 bits per heavy atom. The molecule has 1 aliphatic heterocycles. The number of imidazole rings is 1. The number of nitrogens with one attached hydrogen (secondary N) is 1. The van der Waals surface area contributed by atoms with Gasteiger partial charge in [0.25, 0.3) is 0 Å². The highest BCUT2D eigenvalue weighted by atomic mass is 35.5. The Morgan fingerprint density at radius 3 is 2.60 bits per heavy atom. The molecule has 5 rings (SSSR count). The molecule has 0 fully saturated rings. The van der Waals surface area contributed by atoms with Crippen LogP contribution in [0.5, 0.6) is 0 Å². The molecule has 0 saturated carbocycles. The molecule has 4 aromatic rings. The molecule has 3 nitrogen and oxygen atoms in total. The maximum absolute atomic E-state index is 6.52. The molecule has 3 aromatic carbocycles. The van der Waals surface area contributed by atoms with Crippen LogP contribution in [-0.4, -0.2) is 9.55 Å². The molecular weight excluding hydrogens is 353 g/mol. The summed E-state index contributed by atoms with van der Waals surface area (Å²) in [6, 6.07) is 21.9. The fraction of sp³-hybridized carbons (Fsp3) is 0.0500. The van der Waals surface area contributed by atoms with Gasteiger partial charge in [-0.2, -0.15) is 0 Å². The molecule has 5 heteroatoms. The van der Waals surface area contributed by atoms with E-state index in [9.17, 15) is 0 Å². The number of para-hydroxylation sites is 3. The van der Waals surface area contributed by atoms with Gasteiger partial charge in [-0.25, -0.2) is 4.98 Å². The number of hydrogen-bond acceptors (Lipinski definition) is 2. The van der Waals surface area contributed by atoms with Crippen molar-refractivity contribution in [2.75, 3.05) is 5.32 Å². The summed E-state index contributed by atoms with van der Waals surface area (Å²) < 4.78 is 2.20. The van der Waals surface area contributed by atoms with Crippen LogP contribution in [0.2, 0.25) is 10.0 Å². The zero-order valence-corrected chi connectivity index (χ0v) is 14.6. The summed E-state index contributed by atoms with van der Waals surface area (Å²) in [6.45, 7) is 0. The highest BCUT2D eigenvalue weighted by molar-refractivity contribution is 6.35. The number of aromatic nitrogens is 2. The zero-order chi connectivity index (χ0) is 17.0. The smallest absolute Gasteiger partial charge is 0.145 e. The first-order chi connectivity index (χ1) is 12.2. The highest BCUT2D eigenvalue weighted by Crippen LogP contribution is 2.42. The molecule has 1 atom stereocenters. The quantitative estimate of drug-likeness (QED) is 0.449. The van der Waals surface area contributed by atoms with Crippen LogP contribution in [0.3, 0.4) is 0 Å². The van der Waals surface area contributed by atoms with Gasteiger partial charge in [-0.3, -0.25) is 4.57 Å². The molecule has 25 heavy (non-hydrogen) atoms. The SMILES string of the molecule is Clc1ccc(C2Nc3ccccc3-c3nc4ccccc4n32)c(Cl)c1. The second kappa shape index (κ2) is 5.51. The molecule has 2 heterocycles. The van der Waals surface area contributed by atoms with Crippen molar-refractivity contribution in [3.63, 3.8) is 0 Å². The Labute approximate surface area is 154 Å². The molecule has 0 amide bonds. The normalized spacial score (nSPS) is 15.5. The highest BCUT2D eigenvalue weighted by Gasteiger charge is 2.29. The molecule has 0 saturated heterocycles. The summed E-state index contributed by atoms with van der Waals surface area (Å²) in [6.07, 6.45) is -0.151. The van der Waals surface area contributed by atoms with Crippen molar-refractivity contribution < 1.29 is 0 Å². The minimum atomic E-state index is -0.151. The average molecular weight is 366 g/mol. The predicted molar refractivity (Wildman–Crippen MR) is 103 cm³/mol. The largest absolute Gasteiger partial charge is 0.360 e. The van der Waals surface area contributed by atoms with Gasteiger partial charge in [0, 0.05) is 26.9 Å². The number of hydrogen-bond donors (Lipinski definition) is 1. The zero-order valence-electron chi connectivity index (χ0n) is 13.1. The van der Waals surface area contributed by atoms with Crippen molar-refractivity contribution in [2.45, 2.75) is 6.17 Å². The number of anilines is 1. The predicted octanol–water partition coefficient (Wildman–Crippen LogP) is 5.98. The van der Waals surface area contributed by atoms with Gasteiger partial charge in [-0.1, -0.05) is 53.5 Å². The first-order valence-electron chi connectivity index (χ1n) is 8.00.